The predicted octanol–water partition coefficient (Wildman–Crippen LogP) is 3.78. The highest BCUT2D eigenvalue weighted by atomic mass is 16.5. The Morgan fingerprint density at radius 2 is 2.04 bits per heavy atom. The number of benzene rings is 1. The molecule has 0 amide bonds. The van der Waals surface area contributed by atoms with E-state index in [1.807, 2.05) is 0 Å². The number of hydrogen-bond acceptors (Lipinski definition) is 5. The highest BCUT2D eigenvalue weighted by Crippen LogP contribution is 2.41. The third-order valence-corrected chi connectivity index (χ3v) is 4.56. The van der Waals surface area contributed by atoms with E-state index >= 15 is 0 Å². The van der Waals surface area contributed by atoms with Crippen LogP contribution in [0.3, 0.4) is 0 Å². The summed E-state index contributed by atoms with van der Waals surface area (Å²) in [5, 5.41) is 3.51. The number of nitrogens with one attached hydrogen (secondary N) is 1. The summed E-state index contributed by atoms with van der Waals surface area (Å²) >= 11 is 0. The highest BCUT2D eigenvalue weighted by Gasteiger charge is 2.36. The molecule has 1 aromatic carbocycles. The van der Waals surface area contributed by atoms with Crippen LogP contribution < -0.4 is 10.7 Å². The summed E-state index contributed by atoms with van der Waals surface area (Å²) in [7, 11) is 0. The Labute approximate surface area is 157 Å². The molecule has 1 atom stereocenters. The quantitative estimate of drug-likeness (QED) is 0.663. The van der Waals surface area contributed by atoms with Crippen molar-refractivity contribution < 1.29 is 13.9 Å². The first-order valence-electron chi connectivity index (χ1n) is 8.65. The van der Waals surface area contributed by atoms with Gasteiger partial charge in [-0.1, -0.05) is 12.1 Å². The molecule has 0 fully saturated rings. The first kappa shape index (κ1) is 18.5. The van der Waals surface area contributed by atoms with Crippen LogP contribution in [0, 0.1) is 13.5 Å². The molecule has 0 radical (unpaired) electrons. The smallest absolute Gasteiger partial charge is 0.335 e. The average Bonchev–Trinajstić information content (AvgIpc) is 2.60. The second kappa shape index (κ2) is 7.12. The van der Waals surface area contributed by atoms with Crippen LogP contribution >= 0.6 is 0 Å². The van der Waals surface area contributed by atoms with Crippen molar-refractivity contribution >= 4 is 16.9 Å². The number of nitrogens with zero attached hydrogens (tertiary/aromatic N) is 1. The Balaban J connectivity index is 2.36. The molecule has 6 nitrogen and oxygen atoms in total. The zero-order valence-corrected chi connectivity index (χ0v) is 15.7. The highest BCUT2D eigenvalue weighted by molar-refractivity contribution is 5.94. The molecule has 0 spiro atoms. The Morgan fingerprint density at radius 3 is 2.70 bits per heavy atom. The Hall–Kier alpha value is -3.33. The van der Waals surface area contributed by atoms with E-state index in [2.05, 4.69) is 10.2 Å². The lowest BCUT2D eigenvalue weighted by Crippen LogP contribution is -2.28. The topological polar surface area (TPSA) is 72.9 Å². The number of carbonyl (C=O) groups excluding carboxylic acids is 1. The van der Waals surface area contributed by atoms with Crippen LogP contribution in [0.25, 0.3) is 15.8 Å². The largest absolute Gasteiger partial charge is 0.463 e. The van der Waals surface area contributed by atoms with Crippen LogP contribution in [0.4, 0.5) is 0 Å². The van der Waals surface area contributed by atoms with Gasteiger partial charge in [-0.05, 0) is 39.3 Å². The minimum absolute atomic E-state index is 0.159. The number of fused-ring (bicyclic) bond motifs is 1. The van der Waals surface area contributed by atoms with Gasteiger partial charge < -0.3 is 14.5 Å². The molecule has 2 heterocycles. The van der Waals surface area contributed by atoms with Crippen LogP contribution in [0.15, 0.2) is 56.1 Å². The number of dihydropyridines is 1. The van der Waals surface area contributed by atoms with Crippen LogP contribution in [0.1, 0.15) is 38.0 Å². The minimum atomic E-state index is -0.670. The number of carbonyl (C=O) groups is 1. The van der Waals surface area contributed by atoms with Crippen molar-refractivity contribution in [2.24, 2.45) is 0 Å². The molecular weight excluding hydrogens is 344 g/mol. The number of ether oxygens (including phenoxy) is 1. The normalized spacial score (nSPS) is 16.9. The van der Waals surface area contributed by atoms with E-state index in [-0.39, 0.29) is 12.0 Å². The van der Waals surface area contributed by atoms with Gasteiger partial charge in [0.2, 0.25) is 0 Å². The van der Waals surface area contributed by atoms with Gasteiger partial charge in [0.15, 0.2) is 11.1 Å². The number of esters is 1. The molecule has 1 N–H and O–H groups in total. The number of para-hydroxylation sites is 1. The maximum absolute atomic E-state index is 12.7. The zero-order chi connectivity index (χ0) is 19.7. The van der Waals surface area contributed by atoms with E-state index < -0.39 is 11.9 Å². The second-order valence-corrected chi connectivity index (χ2v) is 6.38. The molecule has 0 aliphatic carbocycles. The molecule has 2 aromatic rings. The van der Waals surface area contributed by atoms with Gasteiger partial charge in [-0.2, -0.15) is 0 Å². The van der Waals surface area contributed by atoms with E-state index in [1.165, 1.54) is 6.07 Å². The van der Waals surface area contributed by atoms with E-state index in [1.54, 1.807) is 45.9 Å². The van der Waals surface area contributed by atoms with E-state index in [4.69, 9.17) is 15.7 Å². The molecule has 0 saturated carbocycles. The number of hydrogen-bond donors (Lipinski definition) is 1. The van der Waals surface area contributed by atoms with E-state index in [0.717, 1.165) is 0 Å². The third-order valence-electron chi connectivity index (χ3n) is 4.56. The van der Waals surface area contributed by atoms with Gasteiger partial charge >= 0.3 is 5.97 Å². The SMILES string of the molecule is [C-]#[N+]C1=C(C)NC(C)=C(C(=O)OCC)[C@@H]1c1cccc2c(=O)cc(C)oc12. The maximum atomic E-state index is 12.7. The Morgan fingerprint density at radius 1 is 1.30 bits per heavy atom. The van der Waals surface area contributed by atoms with Gasteiger partial charge in [-0.25, -0.2) is 9.64 Å². The fourth-order valence-corrected chi connectivity index (χ4v) is 3.46. The minimum Gasteiger partial charge on any atom is -0.463 e. The number of aryl methyl sites for hydroxylation is 1. The van der Waals surface area contributed by atoms with Crippen molar-refractivity contribution in [3.05, 3.63) is 79.9 Å². The predicted molar refractivity (Wildman–Crippen MR) is 102 cm³/mol. The molecule has 0 unspecified atom stereocenters. The van der Waals surface area contributed by atoms with Gasteiger partial charge in [0, 0.05) is 17.5 Å². The van der Waals surface area contributed by atoms with Crippen LogP contribution in [-0.4, -0.2) is 12.6 Å². The molecule has 3 rings (SSSR count). The summed E-state index contributed by atoms with van der Waals surface area (Å²) in [6.45, 7) is 14.9. The first-order chi connectivity index (χ1) is 12.9. The molecule has 27 heavy (non-hydrogen) atoms. The van der Waals surface area contributed by atoms with Crippen molar-refractivity contribution in [1.29, 1.82) is 0 Å². The van der Waals surface area contributed by atoms with E-state index in [9.17, 15) is 9.59 Å². The monoisotopic (exact) mass is 364 g/mol. The molecule has 1 aliphatic rings. The van der Waals surface area contributed by atoms with Crippen molar-refractivity contribution in [3.63, 3.8) is 0 Å². The molecule has 0 bridgehead atoms. The second-order valence-electron chi connectivity index (χ2n) is 6.38. The van der Waals surface area contributed by atoms with Crippen LogP contribution in [-0.2, 0) is 9.53 Å². The lowest BCUT2D eigenvalue weighted by Gasteiger charge is -2.28. The summed E-state index contributed by atoms with van der Waals surface area (Å²) in [5.74, 6) is -0.693. The summed E-state index contributed by atoms with van der Waals surface area (Å²) in [4.78, 5) is 28.7. The first-order valence-corrected chi connectivity index (χ1v) is 8.65. The summed E-state index contributed by atoms with van der Waals surface area (Å²) in [5.41, 5.74) is 2.84. The van der Waals surface area contributed by atoms with Crippen molar-refractivity contribution in [2.75, 3.05) is 6.61 Å². The van der Waals surface area contributed by atoms with Gasteiger partial charge in [0.25, 0.3) is 0 Å². The molecule has 1 aromatic heterocycles. The summed E-state index contributed by atoms with van der Waals surface area (Å²) in [6.07, 6.45) is 0. The van der Waals surface area contributed by atoms with Gasteiger partial charge in [-0.15, -0.1) is 0 Å². The summed E-state index contributed by atoms with van der Waals surface area (Å²) < 4.78 is 11.1. The van der Waals surface area contributed by atoms with Gasteiger partial charge in [0.05, 0.1) is 30.1 Å². The van der Waals surface area contributed by atoms with Crippen LogP contribution in [0.5, 0.6) is 0 Å². The number of allylic oxidation sites excluding steroid dienone is 3. The maximum Gasteiger partial charge on any atom is 0.335 e. The van der Waals surface area contributed by atoms with Crippen molar-refractivity contribution in [2.45, 2.75) is 33.6 Å². The third kappa shape index (κ3) is 3.13. The van der Waals surface area contributed by atoms with Crippen LogP contribution in [0.2, 0.25) is 0 Å². The standard InChI is InChI=1S/C21H20N2O4/c1-6-26-21(25)17-12(3)23-13(4)19(22-5)18(17)15-9-7-8-14-16(24)10-11(2)27-20(14)15/h7-10,18,23H,6H2,1-4H3/t18-/m0/s1. The van der Waals surface area contributed by atoms with E-state index in [0.29, 0.717) is 45.0 Å². The molecule has 6 heteroatoms. The molecule has 1 aliphatic heterocycles. The van der Waals surface area contributed by atoms with Crippen molar-refractivity contribution in [1.82, 2.24) is 5.32 Å². The van der Waals surface area contributed by atoms with Gasteiger partial charge in [0.1, 0.15) is 11.3 Å². The Kier molecular flexibility index (Phi) is 4.87. The Bertz CT molecular complexity index is 1100. The average molecular weight is 364 g/mol. The molecular formula is C21H20N2O4. The van der Waals surface area contributed by atoms with Gasteiger partial charge in [-0.3, -0.25) is 4.79 Å². The fraction of sp³-hybridized carbons (Fsp3) is 0.286. The molecule has 0 saturated heterocycles. The fourth-order valence-electron chi connectivity index (χ4n) is 3.46. The summed E-state index contributed by atoms with van der Waals surface area (Å²) in [6, 6.07) is 6.63. The van der Waals surface area contributed by atoms with Crippen molar-refractivity contribution in [3.8, 4) is 0 Å². The zero-order valence-electron chi connectivity index (χ0n) is 15.7. The molecule has 138 valence electrons. The lowest BCUT2D eigenvalue weighted by atomic mass is 9.83. The lowest BCUT2D eigenvalue weighted by molar-refractivity contribution is -0.138. The number of rotatable bonds is 3.